The molecule has 0 saturated carbocycles. The first-order valence-electron chi connectivity index (χ1n) is 28.4. The summed E-state index contributed by atoms with van der Waals surface area (Å²) in [6.07, 6.45) is 67.4. The van der Waals surface area contributed by atoms with Crippen LogP contribution in [0.4, 0.5) is 0 Å². The summed E-state index contributed by atoms with van der Waals surface area (Å²) < 4.78 is 39.4. The molecule has 0 heterocycles. The molecule has 0 spiro atoms. The Kier molecular flexibility index (Phi) is 52.1. The highest BCUT2D eigenvalue weighted by molar-refractivity contribution is 7.47. The Bertz CT molecular complexity index is 1700. The van der Waals surface area contributed by atoms with Gasteiger partial charge in [-0.15, -0.1) is 0 Å². The standard InChI is InChI=1S/C62H101O11P/c1-4-7-10-13-16-19-22-24-26-28-29-31-33-35-38-41-44-47-50-53-62(66)73-59(55-69-60(64)51-48-45-42-39-36-21-18-15-12-9-6-3)57-71-74(67,68)70-56-58(54-63)72-61(65)52-49-46-43-40-37-34-32-30-27-25-23-20-17-14-11-8-5-2/h7-8,10-11,16-17,19-20,24-27,29,31-32,34-35,38,40,43,58-59,63H,4-6,9,12-15,18,21-23,28,30,33,36-37,39,41-42,44-57H2,1-3H3,(H,67,68)/b10-7-,11-8-,19-16-,20-17-,26-24-,27-25-,31-29-,34-32-,38-35-,43-40-. The summed E-state index contributed by atoms with van der Waals surface area (Å²) in [4.78, 5) is 48.5. The number of rotatable bonds is 51. The maximum atomic E-state index is 12.9. The van der Waals surface area contributed by atoms with Gasteiger partial charge in [0.15, 0.2) is 6.10 Å². The van der Waals surface area contributed by atoms with E-state index in [1.807, 2.05) is 12.2 Å². The Balaban J connectivity index is 4.82. The minimum Gasteiger partial charge on any atom is -0.462 e. The quantitative estimate of drug-likeness (QED) is 0.0197. The van der Waals surface area contributed by atoms with E-state index in [2.05, 4.69) is 130 Å². The van der Waals surface area contributed by atoms with Crippen molar-refractivity contribution in [1.29, 1.82) is 0 Å². The molecule has 74 heavy (non-hydrogen) atoms. The SMILES string of the molecule is CC/C=C\C/C=C\C/C=C\C/C=C\C/C=C\CCCCCC(=O)OC(COC(=O)CCCCCCCCCCCCC)COP(=O)(O)OCC(CO)OC(=O)CCC/C=C\C/C=C\C/C=C\C/C=C\C/C=C\CC. The zero-order valence-electron chi connectivity index (χ0n) is 46.3. The first-order valence-corrected chi connectivity index (χ1v) is 29.9. The van der Waals surface area contributed by atoms with E-state index < -0.39 is 57.8 Å². The molecule has 0 aromatic carbocycles. The first-order chi connectivity index (χ1) is 36.2. The molecule has 0 aliphatic heterocycles. The van der Waals surface area contributed by atoms with Crippen LogP contribution in [-0.2, 0) is 42.2 Å². The molecular weight excluding hydrogens is 952 g/mol. The van der Waals surface area contributed by atoms with Gasteiger partial charge in [-0.1, -0.05) is 213 Å². The number of allylic oxidation sites excluding steroid dienone is 20. The fraction of sp³-hybridized carbons (Fsp3) is 0.629. The molecule has 420 valence electrons. The van der Waals surface area contributed by atoms with Crippen molar-refractivity contribution in [3.05, 3.63) is 122 Å². The molecule has 0 rings (SSSR count). The Hall–Kier alpha value is -4.12. The summed E-state index contributed by atoms with van der Waals surface area (Å²) in [5.41, 5.74) is 0. The number of ether oxygens (including phenoxy) is 3. The molecule has 0 radical (unpaired) electrons. The van der Waals surface area contributed by atoms with Crippen molar-refractivity contribution in [3.8, 4) is 0 Å². The smallest absolute Gasteiger partial charge is 0.462 e. The number of carbonyl (C=O) groups excluding carboxylic acids is 3. The molecule has 11 nitrogen and oxygen atoms in total. The van der Waals surface area contributed by atoms with Crippen molar-refractivity contribution in [2.45, 2.75) is 226 Å². The fourth-order valence-electron chi connectivity index (χ4n) is 7.12. The lowest BCUT2D eigenvalue weighted by molar-refractivity contribution is -0.161. The van der Waals surface area contributed by atoms with Gasteiger partial charge in [0, 0.05) is 19.3 Å². The van der Waals surface area contributed by atoms with Gasteiger partial charge in [-0.3, -0.25) is 23.4 Å². The number of hydrogen-bond acceptors (Lipinski definition) is 10. The van der Waals surface area contributed by atoms with Gasteiger partial charge in [0.25, 0.3) is 0 Å². The van der Waals surface area contributed by atoms with Crippen LogP contribution in [0.3, 0.4) is 0 Å². The van der Waals surface area contributed by atoms with Crippen LogP contribution in [0.5, 0.6) is 0 Å². The lowest BCUT2D eigenvalue weighted by Crippen LogP contribution is -2.30. The minimum atomic E-state index is -4.78. The number of unbranched alkanes of at least 4 members (excludes halogenated alkanes) is 14. The molecular formula is C62H101O11P. The van der Waals surface area contributed by atoms with Gasteiger partial charge in [-0.25, -0.2) is 4.57 Å². The van der Waals surface area contributed by atoms with Gasteiger partial charge in [-0.05, 0) is 103 Å². The van der Waals surface area contributed by atoms with E-state index in [0.717, 1.165) is 103 Å². The van der Waals surface area contributed by atoms with Gasteiger partial charge in [0.1, 0.15) is 12.7 Å². The van der Waals surface area contributed by atoms with Crippen LogP contribution >= 0.6 is 7.82 Å². The van der Waals surface area contributed by atoms with Crippen LogP contribution in [0.15, 0.2) is 122 Å². The van der Waals surface area contributed by atoms with E-state index in [1.165, 1.54) is 44.9 Å². The average Bonchev–Trinajstić information content (AvgIpc) is 3.39. The van der Waals surface area contributed by atoms with E-state index in [-0.39, 0.29) is 25.9 Å². The molecule has 0 bridgehead atoms. The molecule has 12 heteroatoms. The van der Waals surface area contributed by atoms with Gasteiger partial charge < -0.3 is 24.2 Å². The Morgan fingerprint density at radius 2 is 0.716 bits per heavy atom. The first kappa shape index (κ1) is 69.9. The predicted molar refractivity (Wildman–Crippen MR) is 306 cm³/mol. The van der Waals surface area contributed by atoms with Crippen molar-refractivity contribution in [2.75, 3.05) is 26.4 Å². The Morgan fingerprint density at radius 1 is 0.392 bits per heavy atom. The molecule has 0 aliphatic rings. The normalized spacial score (nSPS) is 14.3. The highest BCUT2D eigenvalue weighted by Crippen LogP contribution is 2.43. The lowest BCUT2D eigenvalue weighted by Gasteiger charge is -2.21. The predicted octanol–water partition coefficient (Wildman–Crippen LogP) is 16.8. The molecule has 3 atom stereocenters. The van der Waals surface area contributed by atoms with E-state index in [1.54, 1.807) is 0 Å². The summed E-state index contributed by atoms with van der Waals surface area (Å²) in [5, 5.41) is 9.80. The number of carbonyl (C=O) groups is 3. The maximum Gasteiger partial charge on any atom is 0.472 e. The summed E-state index contributed by atoms with van der Waals surface area (Å²) in [6, 6.07) is 0. The average molecular weight is 1050 g/mol. The van der Waals surface area contributed by atoms with Crippen molar-refractivity contribution < 1.29 is 52.2 Å². The van der Waals surface area contributed by atoms with Crippen molar-refractivity contribution >= 4 is 25.7 Å². The van der Waals surface area contributed by atoms with Crippen molar-refractivity contribution in [1.82, 2.24) is 0 Å². The second-order valence-electron chi connectivity index (χ2n) is 18.3. The molecule has 3 unspecified atom stereocenters. The van der Waals surface area contributed by atoms with E-state index in [9.17, 15) is 28.9 Å². The third kappa shape index (κ3) is 52.7. The van der Waals surface area contributed by atoms with Crippen LogP contribution in [-0.4, -0.2) is 66.5 Å². The molecule has 0 saturated heterocycles. The number of aliphatic hydroxyl groups excluding tert-OH is 1. The van der Waals surface area contributed by atoms with Crippen LogP contribution in [0.2, 0.25) is 0 Å². The molecule has 0 amide bonds. The van der Waals surface area contributed by atoms with Gasteiger partial charge >= 0.3 is 25.7 Å². The highest BCUT2D eigenvalue weighted by atomic mass is 31.2. The maximum absolute atomic E-state index is 12.9. The molecule has 2 N–H and O–H groups in total. The monoisotopic (exact) mass is 1050 g/mol. The molecule has 0 aromatic rings. The van der Waals surface area contributed by atoms with Gasteiger partial charge in [-0.2, -0.15) is 0 Å². The largest absolute Gasteiger partial charge is 0.472 e. The molecule has 0 aliphatic carbocycles. The number of hydrogen-bond donors (Lipinski definition) is 2. The zero-order valence-corrected chi connectivity index (χ0v) is 47.2. The number of esters is 3. The number of phosphoric ester groups is 1. The van der Waals surface area contributed by atoms with Crippen LogP contribution in [0.25, 0.3) is 0 Å². The fourth-order valence-corrected chi connectivity index (χ4v) is 7.91. The van der Waals surface area contributed by atoms with E-state index >= 15 is 0 Å². The minimum absolute atomic E-state index is 0.0907. The lowest BCUT2D eigenvalue weighted by atomic mass is 10.1. The van der Waals surface area contributed by atoms with E-state index in [0.29, 0.717) is 25.7 Å². The Labute approximate surface area is 449 Å². The summed E-state index contributed by atoms with van der Waals surface area (Å²) in [6.45, 7) is 4.29. The van der Waals surface area contributed by atoms with Crippen molar-refractivity contribution in [3.63, 3.8) is 0 Å². The topological polar surface area (TPSA) is 155 Å². The van der Waals surface area contributed by atoms with E-state index in [4.69, 9.17) is 23.3 Å². The van der Waals surface area contributed by atoms with Gasteiger partial charge in [0.2, 0.25) is 0 Å². The van der Waals surface area contributed by atoms with Crippen LogP contribution in [0.1, 0.15) is 213 Å². The second kappa shape index (κ2) is 55.1. The second-order valence-corrected chi connectivity index (χ2v) is 19.8. The Morgan fingerprint density at radius 3 is 1.14 bits per heavy atom. The summed E-state index contributed by atoms with van der Waals surface area (Å²) in [7, 11) is -4.78. The zero-order chi connectivity index (χ0) is 54.1. The number of aliphatic hydroxyl groups is 1. The number of phosphoric acid groups is 1. The highest BCUT2D eigenvalue weighted by Gasteiger charge is 2.28. The third-order valence-corrected chi connectivity index (χ3v) is 12.3. The molecule has 0 fully saturated rings. The summed E-state index contributed by atoms with van der Waals surface area (Å²) >= 11 is 0. The third-order valence-electron chi connectivity index (χ3n) is 11.4. The van der Waals surface area contributed by atoms with Crippen molar-refractivity contribution in [2.24, 2.45) is 0 Å². The summed E-state index contributed by atoms with van der Waals surface area (Å²) in [5.74, 6) is -1.58. The van der Waals surface area contributed by atoms with Gasteiger partial charge in [0.05, 0.1) is 19.8 Å². The van der Waals surface area contributed by atoms with Crippen LogP contribution in [0, 0.1) is 0 Å². The molecule has 0 aromatic heterocycles. The van der Waals surface area contributed by atoms with Crippen LogP contribution < -0.4 is 0 Å².